The number of benzene rings is 1. The maximum absolute atomic E-state index is 6.64. The molecule has 1 nitrogen and oxygen atoms in total. The van der Waals surface area contributed by atoms with E-state index >= 15 is 0 Å². The Balaban J connectivity index is 1.96. The summed E-state index contributed by atoms with van der Waals surface area (Å²) in [4.78, 5) is 0. The van der Waals surface area contributed by atoms with E-state index in [-0.39, 0.29) is 5.41 Å². The minimum Gasteiger partial charge on any atom is -0.327 e. The molecule has 1 aliphatic rings. The van der Waals surface area contributed by atoms with E-state index in [4.69, 9.17) is 5.73 Å². The van der Waals surface area contributed by atoms with Gasteiger partial charge in [0, 0.05) is 11.5 Å². The van der Waals surface area contributed by atoms with Gasteiger partial charge in [0.15, 0.2) is 0 Å². The highest BCUT2D eigenvalue weighted by Gasteiger charge is 2.40. The zero-order chi connectivity index (χ0) is 14.3. The number of rotatable bonds is 8. The molecule has 1 aromatic carbocycles. The van der Waals surface area contributed by atoms with Gasteiger partial charge in [-0.2, -0.15) is 0 Å². The van der Waals surface area contributed by atoms with E-state index in [0.717, 1.165) is 12.8 Å². The smallest absolute Gasteiger partial charge is 0.0136 e. The Kier molecular flexibility index (Phi) is 5.85. The van der Waals surface area contributed by atoms with Crippen LogP contribution in [0.15, 0.2) is 43.0 Å². The first-order valence-electron chi connectivity index (χ1n) is 8.21. The molecule has 1 aromatic rings. The van der Waals surface area contributed by atoms with Crippen molar-refractivity contribution in [2.45, 2.75) is 69.2 Å². The van der Waals surface area contributed by atoms with E-state index in [9.17, 15) is 0 Å². The third kappa shape index (κ3) is 3.52. The second kappa shape index (κ2) is 7.64. The molecular formula is C19H29N. The molecule has 110 valence electrons. The summed E-state index contributed by atoms with van der Waals surface area (Å²) >= 11 is 0. The second-order valence-corrected chi connectivity index (χ2v) is 6.26. The van der Waals surface area contributed by atoms with Gasteiger partial charge in [0.05, 0.1) is 0 Å². The van der Waals surface area contributed by atoms with Gasteiger partial charge in [0.1, 0.15) is 0 Å². The largest absolute Gasteiger partial charge is 0.327 e. The fraction of sp³-hybridized carbons (Fsp3) is 0.579. The standard InChI is InChI=1S/C19H29N/c1-2-3-4-5-9-14-18(20)19(15-10-11-16-19)17-12-7-6-8-13-17/h2,6-8,12-13,18H,1,3-5,9-11,14-16,20H2. The summed E-state index contributed by atoms with van der Waals surface area (Å²) in [7, 11) is 0. The lowest BCUT2D eigenvalue weighted by molar-refractivity contribution is 0.326. The summed E-state index contributed by atoms with van der Waals surface area (Å²) in [5, 5.41) is 0. The molecule has 0 amide bonds. The highest BCUT2D eigenvalue weighted by Crippen LogP contribution is 2.44. The van der Waals surface area contributed by atoms with Crippen LogP contribution < -0.4 is 5.73 Å². The summed E-state index contributed by atoms with van der Waals surface area (Å²) in [6, 6.07) is 11.3. The number of hydrogen-bond donors (Lipinski definition) is 1. The number of hydrogen-bond acceptors (Lipinski definition) is 1. The summed E-state index contributed by atoms with van der Waals surface area (Å²) in [6.07, 6.45) is 13.3. The third-order valence-electron chi connectivity index (χ3n) is 4.98. The van der Waals surface area contributed by atoms with Crippen LogP contribution in [0.25, 0.3) is 0 Å². The Morgan fingerprint density at radius 3 is 2.45 bits per heavy atom. The SMILES string of the molecule is C=CCCCCCC(N)C1(c2ccccc2)CCCC1. The van der Waals surface area contributed by atoms with E-state index in [1.807, 2.05) is 6.08 Å². The lowest BCUT2D eigenvalue weighted by atomic mass is 9.71. The molecule has 1 heteroatoms. The molecule has 0 saturated heterocycles. The van der Waals surface area contributed by atoms with Gasteiger partial charge in [-0.3, -0.25) is 0 Å². The molecule has 1 aliphatic carbocycles. The van der Waals surface area contributed by atoms with Gasteiger partial charge in [0.25, 0.3) is 0 Å². The van der Waals surface area contributed by atoms with Gasteiger partial charge in [-0.1, -0.05) is 62.1 Å². The zero-order valence-electron chi connectivity index (χ0n) is 12.7. The first kappa shape index (κ1) is 15.3. The Labute approximate surface area is 124 Å². The van der Waals surface area contributed by atoms with Crippen molar-refractivity contribution in [2.24, 2.45) is 5.73 Å². The summed E-state index contributed by atoms with van der Waals surface area (Å²) in [5.41, 5.74) is 8.36. The first-order valence-corrected chi connectivity index (χ1v) is 8.21. The van der Waals surface area contributed by atoms with Crippen molar-refractivity contribution in [3.05, 3.63) is 48.6 Å². The molecule has 1 fully saturated rings. The molecule has 1 saturated carbocycles. The number of unbranched alkanes of at least 4 members (excludes halogenated alkanes) is 3. The minimum absolute atomic E-state index is 0.250. The predicted octanol–water partition coefficient (Wildman–Crippen LogP) is 4.96. The molecule has 1 unspecified atom stereocenters. The number of nitrogens with two attached hydrogens (primary N) is 1. The van der Waals surface area contributed by atoms with E-state index < -0.39 is 0 Å². The topological polar surface area (TPSA) is 26.0 Å². The minimum atomic E-state index is 0.250. The van der Waals surface area contributed by atoms with Crippen LogP contribution in [0.3, 0.4) is 0 Å². The second-order valence-electron chi connectivity index (χ2n) is 6.26. The van der Waals surface area contributed by atoms with Gasteiger partial charge in [-0.25, -0.2) is 0 Å². The Morgan fingerprint density at radius 1 is 1.10 bits per heavy atom. The van der Waals surface area contributed by atoms with Crippen LogP contribution in [0.4, 0.5) is 0 Å². The Bertz CT molecular complexity index is 389. The van der Waals surface area contributed by atoms with Gasteiger partial charge in [0.2, 0.25) is 0 Å². The average molecular weight is 271 g/mol. The van der Waals surface area contributed by atoms with Gasteiger partial charge < -0.3 is 5.73 Å². The molecule has 2 N–H and O–H groups in total. The molecule has 0 heterocycles. The molecule has 0 spiro atoms. The molecule has 2 rings (SSSR count). The fourth-order valence-corrected chi connectivity index (χ4v) is 3.76. The molecule has 1 atom stereocenters. The summed E-state index contributed by atoms with van der Waals surface area (Å²) in [5.74, 6) is 0. The summed E-state index contributed by atoms with van der Waals surface area (Å²) < 4.78 is 0. The maximum atomic E-state index is 6.64. The van der Waals surface area contributed by atoms with Crippen molar-refractivity contribution in [3.63, 3.8) is 0 Å². The van der Waals surface area contributed by atoms with Crippen LogP contribution in [0.5, 0.6) is 0 Å². The highest BCUT2D eigenvalue weighted by atomic mass is 14.7. The van der Waals surface area contributed by atoms with Crippen molar-refractivity contribution < 1.29 is 0 Å². The molecular weight excluding hydrogens is 242 g/mol. The van der Waals surface area contributed by atoms with Crippen LogP contribution in [-0.4, -0.2) is 6.04 Å². The van der Waals surface area contributed by atoms with Crippen molar-refractivity contribution >= 4 is 0 Å². The average Bonchev–Trinajstić information content (AvgIpc) is 2.99. The van der Waals surface area contributed by atoms with Crippen LogP contribution in [-0.2, 0) is 5.41 Å². The molecule has 0 bridgehead atoms. The van der Waals surface area contributed by atoms with Crippen molar-refractivity contribution in [1.29, 1.82) is 0 Å². The van der Waals surface area contributed by atoms with Crippen molar-refractivity contribution in [3.8, 4) is 0 Å². The third-order valence-corrected chi connectivity index (χ3v) is 4.98. The van der Waals surface area contributed by atoms with E-state index in [2.05, 4.69) is 36.9 Å². The normalized spacial score (nSPS) is 18.9. The van der Waals surface area contributed by atoms with Crippen molar-refractivity contribution in [2.75, 3.05) is 0 Å². The molecule has 0 radical (unpaired) electrons. The van der Waals surface area contributed by atoms with Crippen LogP contribution in [0.1, 0.15) is 63.4 Å². The van der Waals surface area contributed by atoms with Crippen molar-refractivity contribution in [1.82, 2.24) is 0 Å². The van der Waals surface area contributed by atoms with E-state index in [1.165, 1.54) is 50.5 Å². The number of allylic oxidation sites excluding steroid dienone is 1. The lowest BCUT2D eigenvalue weighted by Gasteiger charge is -2.36. The Hall–Kier alpha value is -1.08. The van der Waals surface area contributed by atoms with Crippen LogP contribution in [0, 0.1) is 0 Å². The molecule has 0 aromatic heterocycles. The van der Waals surface area contributed by atoms with Gasteiger partial charge in [-0.15, -0.1) is 6.58 Å². The fourth-order valence-electron chi connectivity index (χ4n) is 3.76. The predicted molar refractivity (Wildman–Crippen MR) is 87.8 cm³/mol. The van der Waals surface area contributed by atoms with Crippen LogP contribution in [0.2, 0.25) is 0 Å². The van der Waals surface area contributed by atoms with Gasteiger partial charge in [-0.05, 0) is 37.7 Å². The van der Waals surface area contributed by atoms with E-state index in [1.54, 1.807) is 0 Å². The summed E-state index contributed by atoms with van der Waals surface area (Å²) in [6.45, 7) is 3.78. The molecule has 0 aliphatic heterocycles. The van der Waals surface area contributed by atoms with E-state index in [0.29, 0.717) is 6.04 Å². The first-order chi connectivity index (χ1) is 9.79. The monoisotopic (exact) mass is 271 g/mol. The zero-order valence-corrected chi connectivity index (χ0v) is 12.7. The van der Waals surface area contributed by atoms with Gasteiger partial charge >= 0.3 is 0 Å². The molecule has 20 heavy (non-hydrogen) atoms. The highest BCUT2D eigenvalue weighted by molar-refractivity contribution is 5.29. The quantitative estimate of drug-likeness (QED) is 0.524. The lowest BCUT2D eigenvalue weighted by Crippen LogP contribution is -2.43. The Morgan fingerprint density at radius 2 is 1.80 bits per heavy atom. The van der Waals surface area contributed by atoms with Crippen LogP contribution >= 0.6 is 0 Å². The maximum Gasteiger partial charge on any atom is 0.0136 e.